The van der Waals surface area contributed by atoms with Crippen molar-refractivity contribution in [2.24, 2.45) is 0 Å². The van der Waals surface area contributed by atoms with Crippen LogP contribution in [0.1, 0.15) is 11.7 Å². The van der Waals surface area contributed by atoms with Gasteiger partial charge in [0.2, 0.25) is 0 Å². The first-order chi connectivity index (χ1) is 12.9. The Labute approximate surface area is 155 Å². The van der Waals surface area contributed by atoms with Crippen molar-refractivity contribution in [3.8, 4) is 5.75 Å². The molecule has 138 valence electrons. The maximum absolute atomic E-state index is 6.60. The van der Waals surface area contributed by atoms with Crippen molar-refractivity contribution in [1.82, 2.24) is 10.6 Å². The van der Waals surface area contributed by atoms with Gasteiger partial charge in [0.1, 0.15) is 11.9 Å². The molecule has 2 N–H and O–H groups in total. The van der Waals surface area contributed by atoms with E-state index in [4.69, 9.17) is 9.47 Å². The highest BCUT2D eigenvalue weighted by molar-refractivity contribution is 5.59. The lowest BCUT2D eigenvalue weighted by molar-refractivity contribution is -0.0431. The van der Waals surface area contributed by atoms with Gasteiger partial charge in [-0.15, -0.1) is 0 Å². The van der Waals surface area contributed by atoms with Crippen molar-refractivity contribution in [3.63, 3.8) is 0 Å². The maximum Gasteiger partial charge on any atom is 0.151 e. The molecule has 2 heterocycles. The highest BCUT2D eigenvalue weighted by Gasteiger charge is 2.29. The van der Waals surface area contributed by atoms with Gasteiger partial charge < -0.3 is 25.0 Å². The van der Waals surface area contributed by atoms with E-state index >= 15 is 0 Å². The Morgan fingerprint density at radius 2 is 1.69 bits per heavy atom. The largest absolute Gasteiger partial charge is 0.481 e. The summed E-state index contributed by atoms with van der Waals surface area (Å²) in [5, 5.41) is 6.84. The zero-order valence-electron chi connectivity index (χ0n) is 15.1. The second-order valence-corrected chi connectivity index (χ2v) is 6.77. The third-order valence-electron chi connectivity index (χ3n) is 5.00. The van der Waals surface area contributed by atoms with E-state index in [2.05, 4.69) is 58.0 Å². The van der Waals surface area contributed by atoms with Crippen LogP contribution >= 0.6 is 0 Å². The van der Waals surface area contributed by atoms with Crippen LogP contribution in [0.15, 0.2) is 54.6 Å². The normalized spacial score (nSPS) is 22.0. The number of ether oxygens (including phenoxy) is 2. The SMILES string of the molecule is c1ccc(C(Oc2ccccc2N2CCNCC2)[C@@H]2CNCCO2)cc1. The average molecular weight is 353 g/mol. The molecule has 5 nitrogen and oxygen atoms in total. The fourth-order valence-corrected chi connectivity index (χ4v) is 3.64. The summed E-state index contributed by atoms with van der Waals surface area (Å²) in [6.07, 6.45) is -0.129. The minimum Gasteiger partial charge on any atom is -0.481 e. The Bertz CT molecular complexity index is 683. The van der Waals surface area contributed by atoms with Crippen LogP contribution in [0.3, 0.4) is 0 Å². The highest BCUT2D eigenvalue weighted by Crippen LogP contribution is 2.34. The van der Waals surface area contributed by atoms with Gasteiger partial charge in [-0.1, -0.05) is 42.5 Å². The Hall–Kier alpha value is -2.08. The minimum absolute atomic E-state index is 0.00206. The summed E-state index contributed by atoms with van der Waals surface area (Å²) < 4.78 is 12.6. The second-order valence-electron chi connectivity index (χ2n) is 6.77. The zero-order valence-corrected chi connectivity index (χ0v) is 15.1. The predicted octanol–water partition coefficient (Wildman–Crippen LogP) is 2.20. The quantitative estimate of drug-likeness (QED) is 0.863. The summed E-state index contributed by atoms with van der Waals surface area (Å²) in [6.45, 7) is 6.43. The van der Waals surface area contributed by atoms with Gasteiger partial charge in [-0.2, -0.15) is 0 Å². The Morgan fingerprint density at radius 1 is 0.923 bits per heavy atom. The summed E-state index contributed by atoms with van der Waals surface area (Å²) in [4.78, 5) is 2.40. The fourth-order valence-electron chi connectivity index (χ4n) is 3.64. The smallest absolute Gasteiger partial charge is 0.151 e. The summed E-state index contributed by atoms with van der Waals surface area (Å²) in [7, 11) is 0. The molecule has 0 bridgehead atoms. The van der Waals surface area contributed by atoms with Crippen LogP contribution in [-0.4, -0.2) is 52.0 Å². The second kappa shape index (κ2) is 8.54. The molecule has 2 aliphatic rings. The van der Waals surface area contributed by atoms with Crippen molar-refractivity contribution in [1.29, 1.82) is 0 Å². The number of benzene rings is 2. The van der Waals surface area contributed by atoms with E-state index < -0.39 is 0 Å². The molecular formula is C21H27N3O2. The van der Waals surface area contributed by atoms with Gasteiger partial charge in [0.25, 0.3) is 0 Å². The molecule has 0 aromatic heterocycles. The van der Waals surface area contributed by atoms with Gasteiger partial charge in [0.05, 0.1) is 12.3 Å². The number of nitrogens with zero attached hydrogens (tertiary/aromatic N) is 1. The molecule has 2 aliphatic heterocycles. The molecule has 2 fully saturated rings. The van der Waals surface area contributed by atoms with E-state index in [1.807, 2.05) is 12.1 Å². The van der Waals surface area contributed by atoms with Gasteiger partial charge >= 0.3 is 0 Å². The lowest BCUT2D eigenvalue weighted by Crippen LogP contribution is -2.44. The van der Waals surface area contributed by atoms with E-state index in [1.54, 1.807) is 0 Å². The highest BCUT2D eigenvalue weighted by atomic mass is 16.5. The van der Waals surface area contributed by atoms with Crippen LogP contribution in [-0.2, 0) is 4.74 Å². The van der Waals surface area contributed by atoms with Crippen LogP contribution in [0.4, 0.5) is 5.69 Å². The van der Waals surface area contributed by atoms with Gasteiger partial charge in [-0.25, -0.2) is 0 Å². The lowest BCUT2D eigenvalue weighted by Gasteiger charge is -2.34. The zero-order chi connectivity index (χ0) is 17.6. The monoisotopic (exact) mass is 353 g/mol. The molecule has 1 unspecified atom stereocenters. The fraction of sp³-hybridized carbons (Fsp3) is 0.429. The molecule has 0 amide bonds. The summed E-state index contributed by atoms with van der Waals surface area (Å²) in [5.41, 5.74) is 2.31. The molecule has 4 rings (SSSR count). The van der Waals surface area contributed by atoms with Crippen molar-refractivity contribution in [3.05, 3.63) is 60.2 Å². The van der Waals surface area contributed by atoms with Crippen molar-refractivity contribution >= 4 is 5.69 Å². The van der Waals surface area contributed by atoms with E-state index in [-0.39, 0.29) is 12.2 Å². The number of anilines is 1. The maximum atomic E-state index is 6.60. The number of piperazine rings is 1. The summed E-state index contributed by atoms with van der Waals surface area (Å²) >= 11 is 0. The molecule has 0 aliphatic carbocycles. The average Bonchev–Trinajstić information content (AvgIpc) is 2.74. The Kier molecular flexibility index (Phi) is 5.69. The molecule has 2 atom stereocenters. The molecule has 2 aromatic rings. The van der Waals surface area contributed by atoms with E-state index in [1.165, 1.54) is 5.69 Å². The van der Waals surface area contributed by atoms with Crippen molar-refractivity contribution < 1.29 is 9.47 Å². The van der Waals surface area contributed by atoms with Crippen molar-refractivity contribution in [2.75, 3.05) is 50.8 Å². The first-order valence-electron chi connectivity index (χ1n) is 9.50. The topological polar surface area (TPSA) is 45.8 Å². The number of rotatable bonds is 5. The molecule has 0 radical (unpaired) electrons. The number of para-hydroxylation sites is 2. The third-order valence-corrected chi connectivity index (χ3v) is 5.00. The van der Waals surface area contributed by atoms with Crippen molar-refractivity contribution in [2.45, 2.75) is 12.2 Å². The van der Waals surface area contributed by atoms with E-state index in [0.717, 1.165) is 57.2 Å². The van der Waals surface area contributed by atoms with E-state index in [0.29, 0.717) is 0 Å². The summed E-state index contributed by atoms with van der Waals surface area (Å²) in [6, 6.07) is 18.8. The first-order valence-corrected chi connectivity index (χ1v) is 9.50. The Morgan fingerprint density at radius 3 is 2.46 bits per heavy atom. The van der Waals surface area contributed by atoms with Gasteiger partial charge in [0.15, 0.2) is 6.10 Å². The number of morpholine rings is 1. The Balaban J connectivity index is 1.61. The van der Waals surface area contributed by atoms with Crippen LogP contribution in [0.25, 0.3) is 0 Å². The van der Waals surface area contributed by atoms with Crippen LogP contribution in [0, 0.1) is 0 Å². The molecule has 2 aromatic carbocycles. The number of nitrogens with one attached hydrogen (secondary N) is 2. The number of hydrogen-bond acceptors (Lipinski definition) is 5. The van der Waals surface area contributed by atoms with Crippen LogP contribution in [0.5, 0.6) is 5.75 Å². The predicted molar refractivity (Wildman–Crippen MR) is 104 cm³/mol. The lowest BCUT2D eigenvalue weighted by atomic mass is 10.0. The number of hydrogen-bond donors (Lipinski definition) is 2. The molecule has 2 saturated heterocycles. The van der Waals surface area contributed by atoms with Gasteiger partial charge in [-0.05, 0) is 17.7 Å². The molecule has 26 heavy (non-hydrogen) atoms. The third kappa shape index (κ3) is 4.01. The summed E-state index contributed by atoms with van der Waals surface area (Å²) in [5.74, 6) is 0.928. The standard InChI is InChI=1S/C21H27N3O2/c1-2-6-17(7-3-1)21(20-16-23-12-15-25-20)26-19-9-5-4-8-18(19)24-13-10-22-11-14-24/h1-9,20-23H,10-16H2/t20-,21?/m0/s1. The van der Waals surface area contributed by atoms with Gasteiger partial charge in [0, 0.05) is 39.3 Å². The molecule has 0 spiro atoms. The van der Waals surface area contributed by atoms with Crippen LogP contribution < -0.4 is 20.3 Å². The minimum atomic E-state index is -0.131. The molecule has 5 heteroatoms. The van der Waals surface area contributed by atoms with E-state index in [9.17, 15) is 0 Å². The first kappa shape index (κ1) is 17.3. The van der Waals surface area contributed by atoms with Crippen LogP contribution in [0.2, 0.25) is 0 Å². The molecule has 0 saturated carbocycles. The molecular weight excluding hydrogens is 326 g/mol. The van der Waals surface area contributed by atoms with Gasteiger partial charge in [-0.3, -0.25) is 0 Å².